The van der Waals surface area contributed by atoms with E-state index >= 15 is 0 Å². The van der Waals surface area contributed by atoms with Crippen LogP contribution in [0, 0.1) is 0 Å². The lowest BCUT2D eigenvalue weighted by Crippen LogP contribution is -2.00. The first kappa shape index (κ1) is 29.8. The molecule has 0 amide bonds. The molecule has 0 unspecified atom stereocenters. The molecule has 0 bridgehead atoms. The SMILES string of the molecule is CCCCCCCCCCCCCCCCCCCCCC(=S)c1ccccc1-c1ccccc1. The third-order valence-corrected chi connectivity index (χ3v) is 7.74. The molecule has 2 rings (SSSR count). The van der Waals surface area contributed by atoms with E-state index in [4.69, 9.17) is 12.2 Å². The van der Waals surface area contributed by atoms with Crippen LogP contribution in [0.5, 0.6) is 0 Å². The quantitative estimate of drug-likeness (QED) is 0.0894. The molecule has 35 heavy (non-hydrogen) atoms. The zero-order valence-electron chi connectivity index (χ0n) is 22.7. The van der Waals surface area contributed by atoms with Crippen LogP contribution >= 0.6 is 12.2 Å². The van der Waals surface area contributed by atoms with Gasteiger partial charge in [-0.3, -0.25) is 0 Å². The summed E-state index contributed by atoms with van der Waals surface area (Å²) in [7, 11) is 0. The molecule has 0 spiro atoms. The summed E-state index contributed by atoms with van der Waals surface area (Å²) in [6.07, 6.45) is 28.0. The molecule has 0 radical (unpaired) electrons. The van der Waals surface area contributed by atoms with Crippen LogP contribution < -0.4 is 0 Å². The van der Waals surface area contributed by atoms with Crippen molar-refractivity contribution < 1.29 is 0 Å². The van der Waals surface area contributed by atoms with Crippen LogP contribution in [0.25, 0.3) is 11.1 Å². The number of unbranched alkanes of at least 4 members (excludes halogenated alkanes) is 18. The van der Waals surface area contributed by atoms with E-state index in [2.05, 4.69) is 61.5 Å². The average molecular weight is 493 g/mol. The van der Waals surface area contributed by atoms with Gasteiger partial charge in [0.15, 0.2) is 0 Å². The van der Waals surface area contributed by atoms with Gasteiger partial charge in [-0.2, -0.15) is 0 Å². The Morgan fingerprint density at radius 1 is 0.486 bits per heavy atom. The summed E-state index contributed by atoms with van der Waals surface area (Å²) in [5.41, 5.74) is 3.78. The third kappa shape index (κ3) is 14.0. The second kappa shape index (κ2) is 20.7. The van der Waals surface area contributed by atoms with Gasteiger partial charge in [0.25, 0.3) is 0 Å². The van der Waals surface area contributed by atoms with E-state index in [1.54, 1.807) is 0 Å². The summed E-state index contributed by atoms with van der Waals surface area (Å²) in [6.45, 7) is 2.30. The standard InChI is InChI=1S/C34H52S/c1-2-3-4-5-6-7-8-9-10-11-12-13-14-15-16-17-18-19-23-30-34(35)33-29-25-24-28-32(33)31-26-21-20-22-27-31/h20-22,24-29H,2-19,23,30H2,1H3. The van der Waals surface area contributed by atoms with E-state index < -0.39 is 0 Å². The van der Waals surface area contributed by atoms with Crippen molar-refractivity contribution in [3.63, 3.8) is 0 Å². The monoisotopic (exact) mass is 492 g/mol. The lowest BCUT2D eigenvalue weighted by atomic mass is 9.95. The van der Waals surface area contributed by atoms with Crippen molar-refractivity contribution in [2.75, 3.05) is 0 Å². The molecule has 194 valence electrons. The van der Waals surface area contributed by atoms with E-state index in [-0.39, 0.29) is 0 Å². The van der Waals surface area contributed by atoms with Crippen molar-refractivity contribution in [2.45, 2.75) is 135 Å². The zero-order chi connectivity index (χ0) is 24.8. The van der Waals surface area contributed by atoms with Gasteiger partial charge in [0.05, 0.1) is 0 Å². The molecule has 0 aliphatic heterocycles. The molecule has 0 saturated heterocycles. The van der Waals surface area contributed by atoms with Gasteiger partial charge in [0, 0.05) is 4.86 Å². The largest absolute Gasteiger partial charge is 0.0842 e. The lowest BCUT2D eigenvalue weighted by Gasteiger charge is -2.11. The summed E-state index contributed by atoms with van der Waals surface area (Å²) >= 11 is 5.83. The third-order valence-electron chi connectivity index (χ3n) is 7.32. The van der Waals surface area contributed by atoms with Crippen LogP contribution in [0.3, 0.4) is 0 Å². The first-order valence-corrected chi connectivity index (χ1v) is 15.4. The molecule has 1 heteroatoms. The van der Waals surface area contributed by atoms with Crippen molar-refractivity contribution >= 4 is 17.1 Å². The average Bonchev–Trinajstić information content (AvgIpc) is 2.90. The molecule has 0 aliphatic rings. The van der Waals surface area contributed by atoms with Gasteiger partial charge < -0.3 is 0 Å². The van der Waals surface area contributed by atoms with Crippen LogP contribution in [-0.2, 0) is 0 Å². The second-order valence-electron chi connectivity index (χ2n) is 10.4. The molecule has 0 saturated carbocycles. The van der Waals surface area contributed by atoms with Gasteiger partial charge in [0.1, 0.15) is 0 Å². The fraction of sp³-hybridized carbons (Fsp3) is 0.618. The van der Waals surface area contributed by atoms with Gasteiger partial charge >= 0.3 is 0 Å². The predicted molar refractivity (Wildman–Crippen MR) is 162 cm³/mol. The van der Waals surface area contributed by atoms with E-state index in [9.17, 15) is 0 Å². The molecule has 0 N–H and O–H groups in total. The maximum Gasteiger partial charge on any atom is 0.0230 e. The molecule has 0 aliphatic carbocycles. The van der Waals surface area contributed by atoms with Crippen LogP contribution in [0.15, 0.2) is 54.6 Å². The Morgan fingerprint density at radius 2 is 0.886 bits per heavy atom. The fourth-order valence-corrected chi connectivity index (χ4v) is 5.42. The Labute approximate surface area is 223 Å². The van der Waals surface area contributed by atoms with Crippen molar-refractivity contribution in [1.82, 2.24) is 0 Å². The molecule has 2 aromatic rings. The molecular weight excluding hydrogens is 440 g/mol. The molecule has 0 heterocycles. The van der Waals surface area contributed by atoms with Crippen molar-refractivity contribution in [2.24, 2.45) is 0 Å². The molecule has 2 aromatic carbocycles. The number of hydrogen-bond donors (Lipinski definition) is 0. The van der Waals surface area contributed by atoms with Crippen molar-refractivity contribution in [1.29, 1.82) is 0 Å². The van der Waals surface area contributed by atoms with Crippen LogP contribution in [0.4, 0.5) is 0 Å². The minimum atomic E-state index is 1.04. The summed E-state index contributed by atoms with van der Waals surface area (Å²) in [5, 5.41) is 0. The van der Waals surface area contributed by atoms with Crippen LogP contribution in [0.2, 0.25) is 0 Å². The lowest BCUT2D eigenvalue weighted by molar-refractivity contribution is 0.524. The first-order chi connectivity index (χ1) is 17.3. The summed E-state index contributed by atoms with van der Waals surface area (Å²) in [6, 6.07) is 19.3. The Balaban J connectivity index is 1.39. The highest BCUT2D eigenvalue weighted by atomic mass is 32.1. The Hall–Kier alpha value is -1.47. The number of rotatable bonds is 22. The maximum atomic E-state index is 5.83. The van der Waals surface area contributed by atoms with Crippen LogP contribution in [-0.4, -0.2) is 4.86 Å². The summed E-state index contributed by atoms with van der Waals surface area (Å²) in [5.74, 6) is 0. The molecule has 0 fully saturated rings. The minimum Gasteiger partial charge on any atom is -0.0842 e. The maximum absolute atomic E-state index is 5.83. The number of benzene rings is 2. The van der Waals surface area contributed by atoms with E-state index in [1.165, 1.54) is 139 Å². The molecule has 0 aromatic heterocycles. The highest BCUT2D eigenvalue weighted by Gasteiger charge is 2.08. The first-order valence-electron chi connectivity index (χ1n) is 15.0. The second-order valence-corrected chi connectivity index (χ2v) is 10.9. The van der Waals surface area contributed by atoms with E-state index in [0.29, 0.717) is 0 Å². The van der Waals surface area contributed by atoms with Gasteiger partial charge in [-0.15, -0.1) is 0 Å². The topological polar surface area (TPSA) is 0 Å². The Kier molecular flexibility index (Phi) is 17.6. The highest BCUT2D eigenvalue weighted by molar-refractivity contribution is 7.80. The highest BCUT2D eigenvalue weighted by Crippen LogP contribution is 2.25. The number of thiocarbonyl (C=S) groups is 1. The number of hydrogen-bond acceptors (Lipinski definition) is 1. The zero-order valence-corrected chi connectivity index (χ0v) is 23.6. The smallest absolute Gasteiger partial charge is 0.0230 e. The summed E-state index contributed by atoms with van der Waals surface area (Å²) in [4.78, 5) is 1.12. The van der Waals surface area contributed by atoms with Crippen molar-refractivity contribution in [3.05, 3.63) is 60.2 Å². The Bertz CT molecular complexity index is 763. The van der Waals surface area contributed by atoms with Gasteiger partial charge in [-0.25, -0.2) is 0 Å². The molecule has 0 nitrogen and oxygen atoms in total. The van der Waals surface area contributed by atoms with E-state index in [1.807, 2.05) is 0 Å². The van der Waals surface area contributed by atoms with Crippen molar-refractivity contribution in [3.8, 4) is 11.1 Å². The molecular formula is C34H52S. The fourth-order valence-electron chi connectivity index (χ4n) is 5.09. The normalized spacial score (nSPS) is 11.1. The van der Waals surface area contributed by atoms with Crippen LogP contribution in [0.1, 0.15) is 141 Å². The summed E-state index contributed by atoms with van der Waals surface area (Å²) < 4.78 is 0. The molecule has 0 atom stereocenters. The van der Waals surface area contributed by atoms with E-state index in [0.717, 1.165) is 11.3 Å². The van der Waals surface area contributed by atoms with Gasteiger partial charge in [-0.05, 0) is 29.5 Å². The minimum absolute atomic E-state index is 1.04. The Morgan fingerprint density at radius 3 is 1.37 bits per heavy atom. The van der Waals surface area contributed by atoms with Gasteiger partial charge in [0.2, 0.25) is 0 Å². The van der Waals surface area contributed by atoms with Gasteiger partial charge in [-0.1, -0.05) is 189 Å². The predicted octanol–water partition coefficient (Wildman–Crippen LogP) is 11.9.